The Hall–Kier alpha value is -2.12. The smallest absolute Gasteiger partial charge is 0.273 e. The third-order valence-corrected chi connectivity index (χ3v) is 3.87. The molecule has 0 saturated carbocycles. The number of hydrogen-bond donors (Lipinski definition) is 3. The second-order valence-corrected chi connectivity index (χ2v) is 5.93. The highest BCUT2D eigenvalue weighted by molar-refractivity contribution is 5.98. The van der Waals surface area contributed by atoms with Gasteiger partial charge >= 0.3 is 0 Å². The van der Waals surface area contributed by atoms with Crippen LogP contribution in [0.3, 0.4) is 0 Å². The highest BCUT2D eigenvalue weighted by Crippen LogP contribution is 2.18. The fourth-order valence-electron chi connectivity index (χ4n) is 2.39. The molecule has 1 saturated heterocycles. The fraction of sp³-hybridized carbons (Fsp3) is 0.529. The van der Waals surface area contributed by atoms with Crippen molar-refractivity contribution in [3.05, 3.63) is 29.3 Å². The Morgan fingerprint density at radius 2 is 2.17 bits per heavy atom. The molecule has 2 amide bonds. The summed E-state index contributed by atoms with van der Waals surface area (Å²) in [5.41, 5.74) is 5.48. The molecule has 24 heavy (non-hydrogen) atoms. The van der Waals surface area contributed by atoms with Crippen LogP contribution in [0.4, 0.5) is 0 Å². The minimum absolute atomic E-state index is 0.0214. The summed E-state index contributed by atoms with van der Waals surface area (Å²) < 4.78 is 11.0. The molecule has 3 N–H and O–H groups in total. The van der Waals surface area contributed by atoms with E-state index in [1.54, 1.807) is 19.9 Å². The first kappa shape index (κ1) is 18.2. The van der Waals surface area contributed by atoms with Crippen LogP contribution in [0.2, 0.25) is 0 Å². The molecule has 1 aliphatic rings. The first-order valence-electron chi connectivity index (χ1n) is 8.10. The van der Waals surface area contributed by atoms with E-state index >= 15 is 0 Å². The molecular weight excluding hydrogens is 312 g/mol. The van der Waals surface area contributed by atoms with Gasteiger partial charge in [-0.2, -0.15) is 0 Å². The van der Waals surface area contributed by atoms with Crippen LogP contribution >= 0.6 is 0 Å². The molecule has 0 aliphatic carbocycles. The Morgan fingerprint density at radius 1 is 1.38 bits per heavy atom. The number of rotatable bonds is 5. The number of hydrogen-bond acceptors (Lipinski definition) is 5. The first-order chi connectivity index (χ1) is 11.5. The third-order valence-electron chi connectivity index (χ3n) is 3.87. The molecule has 1 aromatic carbocycles. The van der Waals surface area contributed by atoms with Crippen molar-refractivity contribution in [3.63, 3.8) is 0 Å². The van der Waals surface area contributed by atoms with E-state index in [9.17, 15) is 14.7 Å². The fourth-order valence-corrected chi connectivity index (χ4v) is 2.39. The normalized spacial score (nSPS) is 18.7. The maximum atomic E-state index is 12.0. The van der Waals surface area contributed by atoms with Crippen LogP contribution in [0.25, 0.3) is 0 Å². The van der Waals surface area contributed by atoms with Gasteiger partial charge in [0.1, 0.15) is 11.9 Å². The number of phenolic OH excluding ortho intramolecular Hbond substituents is 1. The van der Waals surface area contributed by atoms with Crippen LogP contribution in [-0.2, 0) is 14.3 Å². The van der Waals surface area contributed by atoms with Crippen LogP contribution in [0.15, 0.2) is 18.2 Å². The molecule has 0 aromatic heterocycles. The van der Waals surface area contributed by atoms with Crippen molar-refractivity contribution in [2.45, 2.75) is 45.3 Å². The molecule has 2 unspecified atom stereocenters. The van der Waals surface area contributed by atoms with Gasteiger partial charge in [-0.15, -0.1) is 0 Å². The van der Waals surface area contributed by atoms with Gasteiger partial charge in [-0.05, 0) is 50.8 Å². The lowest BCUT2D eigenvalue weighted by Crippen LogP contribution is -2.46. The van der Waals surface area contributed by atoms with Crippen LogP contribution in [0.1, 0.15) is 42.1 Å². The van der Waals surface area contributed by atoms with Crippen molar-refractivity contribution in [1.29, 1.82) is 0 Å². The topological polar surface area (TPSA) is 96.9 Å². The van der Waals surface area contributed by atoms with Gasteiger partial charge in [0.25, 0.3) is 11.8 Å². The third kappa shape index (κ3) is 5.21. The number of ether oxygens (including phenoxy) is 2. The summed E-state index contributed by atoms with van der Waals surface area (Å²) >= 11 is 0. The molecule has 7 nitrogen and oxygen atoms in total. The average molecular weight is 336 g/mol. The number of hydrazine groups is 1. The number of aryl methyl sites for hydroxylation is 1. The second kappa shape index (κ2) is 8.65. The van der Waals surface area contributed by atoms with Gasteiger partial charge in [0.05, 0.1) is 18.3 Å². The molecule has 1 fully saturated rings. The van der Waals surface area contributed by atoms with Crippen molar-refractivity contribution >= 4 is 11.8 Å². The van der Waals surface area contributed by atoms with Gasteiger partial charge in [-0.3, -0.25) is 20.4 Å². The first-order valence-corrected chi connectivity index (χ1v) is 8.10. The number of phenols is 1. The van der Waals surface area contributed by atoms with E-state index in [1.807, 2.05) is 0 Å². The monoisotopic (exact) mass is 336 g/mol. The zero-order valence-corrected chi connectivity index (χ0v) is 14.0. The van der Waals surface area contributed by atoms with E-state index in [2.05, 4.69) is 10.9 Å². The minimum atomic E-state index is -0.720. The zero-order chi connectivity index (χ0) is 17.5. The summed E-state index contributed by atoms with van der Waals surface area (Å²) in [6.07, 6.45) is 2.39. The van der Waals surface area contributed by atoms with Gasteiger partial charge < -0.3 is 14.6 Å². The van der Waals surface area contributed by atoms with Gasteiger partial charge in [-0.25, -0.2) is 0 Å². The molecule has 132 valence electrons. The van der Waals surface area contributed by atoms with E-state index in [4.69, 9.17) is 9.47 Å². The lowest BCUT2D eigenvalue weighted by atomic mass is 10.1. The predicted molar refractivity (Wildman–Crippen MR) is 87.5 cm³/mol. The molecule has 1 aromatic rings. The lowest BCUT2D eigenvalue weighted by molar-refractivity contribution is -0.136. The minimum Gasteiger partial charge on any atom is -0.507 e. The van der Waals surface area contributed by atoms with E-state index in [1.165, 1.54) is 12.1 Å². The van der Waals surface area contributed by atoms with E-state index in [0.717, 1.165) is 31.4 Å². The summed E-state index contributed by atoms with van der Waals surface area (Å²) in [7, 11) is 0. The van der Waals surface area contributed by atoms with Gasteiger partial charge in [-0.1, -0.05) is 6.07 Å². The average Bonchev–Trinajstić information content (AvgIpc) is 2.58. The van der Waals surface area contributed by atoms with Crippen molar-refractivity contribution < 1.29 is 24.2 Å². The Bertz CT molecular complexity index is 584. The number of carbonyl (C=O) groups is 2. The Balaban J connectivity index is 1.75. The largest absolute Gasteiger partial charge is 0.507 e. The van der Waals surface area contributed by atoms with Gasteiger partial charge in [0.15, 0.2) is 0 Å². The molecule has 1 aliphatic heterocycles. The predicted octanol–water partition coefficient (Wildman–Crippen LogP) is 1.44. The highest BCUT2D eigenvalue weighted by Gasteiger charge is 2.20. The summed E-state index contributed by atoms with van der Waals surface area (Å²) in [5, 5.41) is 9.75. The van der Waals surface area contributed by atoms with Crippen molar-refractivity contribution in [2.75, 3.05) is 13.2 Å². The van der Waals surface area contributed by atoms with Crippen LogP contribution in [0.5, 0.6) is 5.75 Å². The number of amides is 2. The Labute approximate surface area is 141 Å². The SMILES string of the molecule is Cc1ccc(C(=O)NNC(=O)C(C)OCC2CCCCO2)c(O)c1. The molecule has 0 radical (unpaired) electrons. The Morgan fingerprint density at radius 3 is 2.83 bits per heavy atom. The van der Waals surface area contributed by atoms with Crippen LogP contribution < -0.4 is 10.9 Å². The number of aromatic hydroxyl groups is 1. The van der Waals surface area contributed by atoms with E-state index in [0.29, 0.717) is 6.61 Å². The number of nitrogens with one attached hydrogen (secondary N) is 2. The highest BCUT2D eigenvalue weighted by atomic mass is 16.5. The lowest BCUT2D eigenvalue weighted by Gasteiger charge is -2.23. The molecule has 2 atom stereocenters. The molecule has 2 rings (SSSR count). The van der Waals surface area contributed by atoms with Crippen molar-refractivity contribution in [3.8, 4) is 5.75 Å². The Kier molecular flexibility index (Phi) is 6.57. The number of carbonyl (C=O) groups excluding carboxylic acids is 2. The van der Waals surface area contributed by atoms with Crippen molar-refractivity contribution in [2.24, 2.45) is 0 Å². The maximum absolute atomic E-state index is 12.0. The quantitative estimate of drug-likeness (QED) is 0.707. The molecule has 0 spiro atoms. The van der Waals surface area contributed by atoms with Crippen LogP contribution in [-0.4, -0.2) is 42.3 Å². The number of benzene rings is 1. The molecular formula is C17H24N2O5. The van der Waals surface area contributed by atoms with Gasteiger partial charge in [0.2, 0.25) is 0 Å². The second-order valence-electron chi connectivity index (χ2n) is 5.93. The van der Waals surface area contributed by atoms with E-state index in [-0.39, 0.29) is 17.4 Å². The van der Waals surface area contributed by atoms with Gasteiger partial charge in [0, 0.05) is 6.61 Å². The van der Waals surface area contributed by atoms with Crippen LogP contribution in [0, 0.1) is 6.92 Å². The zero-order valence-electron chi connectivity index (χ0n) is 14.0. The molecule has 1 heterocycles. The summed E-state index contributed by atoms with van der Waals surface area (Å²) in [6, 6.07) is 4.67. The van der Waals surface area contributed by atoms with E-state index < -0.39 is 17.9 Å². The summed E-state index contributed by atoms with van der Waals surface area (Å²) in [6.45, 7) is 4.48. The summed E-state index contributed by atoms with van der Waals surface area (Å²) in [5.74, 6) is -1.20. The molecule has 0 bridgehead atoms. The summed E-state index contributed by atoms with van der Waals surface area (Å²) in [4.78, 5) is 23.9. The standard InChI is InChI=1S/C17H24N2O5/c1-11-6-7-14(15(20)9-11)17(22)19-18-16(21)12(2)24-10-13-5-3-4-8-23-13/h6-7,9,12-13,20H,3-5,8,10H2,1-2H3,(H,18,21)(H,19,22). The van der Waals surface area contributed by atoms with Crippen molar-refractivity contribution in [1.82, 2.24) is 10.9 Å². The molecule has 7 heteroatoms. The maximum Gasteiger partial charge on any atom is 0.273 e.